The molecule has 0 saturated carbocycles. The highest BCUT2D eigenvalue weighted by atomic mass is 33.1. The van der Waals surface area contributed by atoms with Crippen molar-refractivity contribution >= 4 is 94.5 Å². The second-order valence-electron chi connectivity index (χ2n) is 7.80. The number of esters is 2. The number of aliphatic carboxylic acids is 2. The Bertz CT molecular complexity index is 1240. The van der Waals surface area contributed by atoms with E-state index < -0.39 is 18.0 Å². The molecule has 1 atom stereocenters. The number of carboxylic acids is 2. The van der Waals surface area contributed by atoms with E-state index in [-0.39, 0.29) is 40.7 Å². The highest BCUT2D eigenvalue weighted by molar-refractivity contribution is 8.77. The number of aliphatic hydroxyl groups is 2. The average Bonchev–Trinajstić information content (AvgIpc) is 0.946. The molecule has 0 aliphatic rings. The Morgan fingerprint density at radius 1 is 0.295 bits per heavy atom. The zero-order valence-electron chi connectivity index (χ0n) is 65.7. The highest BCUT2D eigenvalue weighted by Crippen LogP contribution is 2.30. The molecule has 85 N–H and O–H groups in total. The number of amides is 1. The Hall–Kier alpha value is -5.61. The zero-order valence-corrected chi connectivity index (χ0v) is 70.6. The number of ether oxygens (including phenoxy) is 2. The lowest BCUT2D eigenvalue weighted by Crippen LogP contribution is -2.41. The van der Waals surface area contributed by atoms with E-state index >= 15 is 0 Å². The second-order valence-corrected chi connectivity index (χ2v) is 15.3. The van der Waals surface area contributed by atoms with Gasteiger partial charge in [0, 0.05) is 60.8 Å². The summed E-state index contributed by atoms with van der Waals surface area (Å²) in [5, 5.41) is 522. The monoisotopic (exact) mass is 2220 g/mol. The summed E-state index contributed by atoms with van der Waals surface area (Å²) in [7, 11) is 13.6. The minimum atomic E-state index is -1.07. The molecule has 864 valence electrons. The van der Waals surface area contributed by atoms with E-state index in [1.807, 2.05) is 50.2 Å². The molecule has 0 spiro atoms. The summed E-state index contributed by atoms with van der Waals surface area (Å²) in [6.07, 6.45) is 4.40. The number of nitrogens with one attached hydrogen (secondary N) is 1. The normalized spacial score (nSPS) is 5.64. The van der Waals surface area contributed by atoms with Crippen LogP contribution >= 0.6 is 64.8 Å². The van der Waals surface area contributed by atoms with Gasteiger partial charge in [-0.1, -0.05) is 79.2 Å². The predicted octanol–water partition coefficient (Wildman–Crippen LogP) is 6.74. The molecule has 0 aliphatic heterocycles. The molecule has 2 aromatic heterocycles. The summed E-state index contributed by atoms with van der Waals surface area (Å²) < 4.78 is 8.98. The largest absolute Gasteiger partial charge is 0.481 e. The Labute approximate surface area is 753 Å². The van der Waals surface area contributed by atoms with Crippen molar-refractivity contribution in [1.82, 2.24) is 15.3 Å². The first kappa shape index (κ1) is 293. The summed E-state index contributed by atoms with van der Waals surface area (Å²) in [6.45, 7) is 5.27. The standard InChI is InChI=1S/C9H15NO5S2.C9H11NO2S2.C8H9NO2S2.C2H6.2CH4O.2H2O3.38H2O2.3H2/c1-6(11)10-7(9(13)14)5-17-16-4-3-8(12)15-2;1-12-9(11)5-7-13-14-8-4-2-3-6-10-8;10-8(11)4-6-12-13-7-3-1-2-5-9-7;3*1-2;2*1-3-2;38*1-2;;;/h7H,3-5H2,1-2H3,(H,10,11)(H,13,14);2-4,6H,5,7H2,1H3;1-3,5H,4,6H2,(H,10,11);1-2H3;2*2H,1H3;2*1-2H;38*1-2H;3*1H/i;;;;;;;;;;;;;;;;;;;;;;;;;;;;;;;;;;;;;;;;;;;;;;3*1+1. The molecule has 0 aromatic carbocycles. The molecule has 0 saturated heterocycles. The quantitative estimate of drug-likeness (QED) is 0.0241. The molecular formula is C30H135N3O93S6. The number of methoxy groups -OCH3 is 2. The van der Waals surface area contributed by atoms with Crippen LogP contribution in [0.25, 0.3) is 0 Å². The third-order valence-electron chi connectivity index (χ3n) is 4.19. The fourth-order valence-corrected chi connectivity index (χ4v) is 8.01. The van der Waals surface area contributed by atoms with Crippen LogP contribution in [0.2, 0.25) is 0 Å². The first-order valence-corrected chi connectivity index (χ1v) is 29.9. The first-order chi connectivity index (χ1) is 64.9. The SMILES string of the molecule is CC.CO.CO.COC(=O)CCSSCC(NC(C)=O)C(=O)O.COC(=O)CCSSc1ccccn1.O=C(O)CCSSc1ccccn1.OO.OO.OO.OO.OO.OO.OO.OO.OO.OO.OO.OO.OO.OO.OO.OO.OO.OO.OO.OO.OO.OO.OO.OO.OO.OO.OO.OO.OO.OO.OO.OO.OO.OO.OO.OO.OO.OO.OOO.OOO.[2HH].[2HH].[2HH]. The molecular weight excluding hydrogens is 2080 g/mol. The number of carbonyl (C=O) groups excluding carboxylic acids is 3. The number of carbonyl (C=O) groups is 5. The topological polar surface area (TPSA) is 1860 Å². The summed E-state index contributed by atoms with van der Waals surface area (Å²) in [5.41, 5.74) is 0. The van der Waals surface area contributed by atoms with Crippen molar-refractivity contribution < 1.29 is 489 Å². The van der Waals surface area contributed by atoms with E-state index in [1.165, 1.54) is 64.3 Å². The van der Waals surface area contributed by atoms with Gasteiger partial charge in [-0.2, -0.15) is 0 Å². The van der Waals surface area contributed by atoms with Gasteiger partial charge in [0.2, 0.25) is 5.91 Å². The van der Waals surface area contributed by atoms with Crippen molar-refractivity contribution in [2.24, 2.45) is 0 Å². The van der Waals surface area contributed by atoms with Crippen LogP contribution in [0.3, 0.4) is 0 Å². The Morgan fingerprint density at radius 2 is 0.455 bits per heavy atom. The van der Waals surface area contributed by atoms with Crippen LogP contribution < -0.4 is 5.32 Å². The fraction of sp³-hybridized carbons (Fsp3) is 0.500. The smallest absolute Gasteiger partial charge is 0.327 e. The Balaban J connectivity index is -0.0000000136. The van der Waals surface area contributed by atoms with Crippen LogP contribution in [0.4, 0.5) is 0 Å². The van der Waals surface area contributed by atoms with Gasteiger partial charge in [0.05, 0.1) is 33.5 Å². The van der Waals surface area contributed by atoms with Crippen molar-refractivity contribution in [2.45, 2.75) is 56.1 Å². The van der Waals surface area contributed by atoms with Gasteiger partial charge in [0.1, 0.15) is 16.1 Å². The summed E-state index contributed by atoms with van der Waals surface area (Å²) >= 11 is 0. The molecule has 0 aliphatic carbocycles. The van der Waals surface area contributed by atoms with Crippen LogP contribution in [0.1, 0.15) is 44.3 Å². The average molecular weight is 2220 g/mol. The van der Waals surface area contributed by atoms with Crippen molar-refractivity contribution in [3.8, 4) is 0 Å². The minimum Gasteiger partial charge on any atom is -0.481 e. The lowest BCUT2D eigenvalue weighted by atomic mass is 10.3. The van der Waals surface area contributed by atoms with Gasteiger partial charge in [0.15, 0.2) is 0 Å². The van der Waals surface area contributed by atoms with E-state index in [9.17, 15) is 24.0 Å². The molecule has 1 unspecified atom stereocenters. The van der Waals surface area contributed by atoms with Gasteiger partial charge in [-0.25, -0.2) is 35.8 Å². The van der Waals surface area contributed by atoms with Gasteiger partial charge in [-0.05, 0) is 45.9 Å². The minimum absolute atomic E-state index is 0. The number of aliphatic hydroxyl groups excluding tert-OH is 2. The molecule has 96 nitrogen and oxygen atoms in total. The van der Waals surface area contributed by atoms with Crippen molar-refractivity contribution in [3.63, 3.8) is 0 Å². The maximum absolute atomic E-state index is 10.8. The molecule has 2 aromatic rings. The number of carboxylic acid groups (broad SMARTS) is 2. The van der Waals surface area contributed by atoms with Crippen LogP contribution in [-0.4, -0.2) is 538 Å². The molecule has 0 fully saturated rings. The fourth-order valence-electron chi connectivity index (χ4n) is 2.18. The number of hydrogen-bond donors (Lipinski definition) is 85. The third-order valence-corrected chi connectivity index (χ3v) is 11.1. The van der Waals surface area contributed by atoms with Crippen LogP contribution in [0, 0.1) is 0 Å². The third kappa shape index (κ3) is 961. The number of rotatable bonds is 18. The van der Waals surface area contributed by atoms with E-state index in [0.717, 1.165) is 30.0 Å². The van der Waals surface area contributed by atoms with Crippen molar-refractivity contribution in [3.05, 3.63) is 48.8 Å². The first-order valence-electron chi connectivity index (χ1n) is 22.8. The zero-order chi connectivity index (χ0) is 120. The number of aromatic nitrogens is 2. The predicted molar refractivity (Wildman–Crippen MR) is 427 cm³/mol. The molecule has 0 bridgehead atoms. The number of hydrogen-bond acceptors (Lipinski definition) is 99. The van der Waals surface area contributed by atoms with Gasteiger partial charge in [0.25, 0.3) is 0 Å². The second kappa shape index (κ2) is 902. The van der Waals surface area contributed by atoms with Gasteiger partial charge in [-0.3, -0.25) is 419 Å². The van der Waals surface area contributed by atoms with E-state index in [2.05, 4.69) is 34.8 Å². The maximum atomic E-state index is 10.8. The van der Waals surface area contributed by atoms with E-state index in [1.54, 1.807) is 34.0 Å². The Morgan fingerprint density at radius 3 is 0.583 bits per heavy atom. The maximum Gasteiger partial charge on any atom is 0.327 e. The number of nitrogens with zero attached hydrogens (tertiary/aromatic N) is 2. The molecule has 132 heavy (non-hydrogen) atoms. The van der Waals surface area contributed by atoms with Crippen LogP contribution in [0.5, 0.6) is 0 Å². The highest BCUT2D eigenvalue weighted by Gasteiger charge is 2.18. The molecule has 2 heterocycles. The number of pyridine rings is 2. The molecule has 0 radical (unpaired) electrons. The summed E-state index contributed by atoms with van der Waals surface area (Å²) in [5.74, 6) is -0.517. The molecule has 102 heteroatoms. The van der Waals surface area contributed by atoms with Gasteiger partial charge in [-0.15, -0.1) is 0 Å². The van der Waals surface area contributed by atoms with E-state index in [0.29, 0.717) is 17.9 Å². The van der Waals surface area contributed by atoms with E-state index in [4.69, 9.17) is 441 Å². The van der Waals surface area contributed by atoms with Crippen molar-refractivity contribution in [2.75, 3.05) is 51.5 Å². The van der Waals surface area contributed by atoms with Gasteiger partial charge < -0.3 is 35.2 Å². The lowest BCUT2D eigenvalue weighted by Gasteiger charge is -2.11. The van der Waals surface area contributed by atoms with Gasteiger partial charge >= 0.3 is 23.9 Å². The lowest BCUT2D eigenvalue weighted by molar-refractivity contribution is -0.465. The van der Waals surface area contributed by atoms with Crippen molar-refractivity contribution in [1.29, 1.82) is 0 Å². The Kier molecular flexibility index (Phi) is 2000. The van der Waals surface area contributed by atoms with Crippen LogP contribution in [-0.2, 0) is 43.5 Å². The van der Waals surface area contributed by atoms with Crippen LogP contribution in [0.15, 0.2) is 58.8 Å². The summed E-state index contributed by atoms with van der Waals surface area (Å²) in [4.78, 5) is 61.4. The molecule has 2 rings (SSSR count). The molecule has 1 amide bonds. The summed E-state index contributed by atoms with van der Waals surface area (Å²) in [6, 6.07) is 10.5.